The molecule has 3 rings (SSSR count). The summed E-state index contributed by atoms with van der Waals surface area (Å²) in [6, 6.07) is 6.33. The maximum atomic E-state index is 13.0. The monoisotopic (exact) mass is 272 g/mol. The van der Waals surface area contributed by atoms with Gasteiger partial charge in [0.25, 0.3) is 5.91 Å². The summed E-state index contributed by atoms with van der Waals surface area (Å²) >= 11 is 0. The first-order valence-electron chi connectivity index (χ1n) is 6.36. The Labute approximate surface area is 115 Å². The molecule has 1 aliphatic carbocycles. The van der Waals surface area contributed by atoms with Crippen LogP contribution in [0.4, 0.5) is 15.9 Å². The molecule has 0 aliphatic heterocycles. The fourth-order valence-electron chi connectivity index (χ4n) is 1.71. The molecule has 6 heteroatoms. The lowest BCUT2D eigenvalue weighted by Crippen LogP contribution is -2.26. The maximum absolute atomic E-state index is 13.0. The second-order valence-corrected chi connectivity index (χ2v) is 4.67. The van der Waals surface area contributed by atoms with Gasteiger partial charge in [-0.15, -0.1) is 0 Å². The first-order valence-corrected chi connectivity index (χ1v) is 6.36. The Kier molecular flexibility index (Phi) is 3.28. The molecule has 1 saturated carbocycles. The van der Waals surface area contributed by atoms with E-state index in [1.165, 1.54) is 24.5 Å². The molecule has 0 unspecified atom stereocenters. The van der Waals surface area contributed by atoms with Gasteiger partial charge in [-0.3, -0.25) is 4.79 Å². The number of anilines is 2. The fourth-order valence-corrected chi connectivity index (χ4v) is 1.71. The SMILES string of the molecule is O=C(NC1CC1)c1cnc(Nc2cccc(F)c2)cn1. The van der Waals surface area contributed by atoms with Crippen LogP contribution in [0.5, 0.6) is 0 Å². The van der Waals surface area contributed by atoms with Crippen molar-refractivity contribution >= 4 is 17.4 Å². The predicted molar refractivity (Wildman–Crippen MR) is 72.2 cm³/mol. The number of carbonyl (C=O) groups excluding carboxylic acids is 1. The number of amides is 1. The number of benzene rings is 1. The molecule has 1 fully saturated rings. The van der Waals surface area contributed by atoms with Gasteiger partial charge in [0, 0.05) is 11.7 Å². The Hall–Kier alpha value is -2.50. The molecule has 1 aromatic carbocycles. The average molecular weight is 272 g/mol. The maximum Gasteiger partial charge on any atom is 0.271 e. The minimum atomic E-state index is -0.330. The molecule has 1 aromatic heterocycles. The van der Waals surface area contributed by atoms with Crippen molar-refractivity contribution < 1.29 is 9.18 Å². The van der Waals surface area contributed by atoms with Crippen LogP contribution in [0.1, 0.15) is 23.3 Å². The number of nitrogens with one attached hydrogen (secondary N) is 2. The molecule has 0 saturated heterocycles. The third kappa shape index (κ3) is 3.09. The van der Waals surface area contributed by atoms with Crippen molar-refractivity contribution in [1.82, 2.24) is 15.3 Å². The summed E-state index contributed by atoms with van der Waals surface area (Å²) in [6.45, 7) is 0. The van der Waals surface area contributed by atoms with E-state index in [9.17, 15) is 9.18 Å². The van der Waals surface area contributed by atoms with Gasteiger partial charge in [0.15, 0.2) is 0 Å². The largest absolute Gasteiger partial charge is 0.348 e. The van der Waals surface area contributed by atoms with Gasteiger partial charge in [-0.25, -0.2) is 14.4 Å². The molecule has 5 nitrogen and oxygen atoms in total. The molecule has 102 valence electrons. The van der Waals surface area contributed by atoms with Crippen LogP contribution in [-0.4, -0.2) is 21.9 Å². The lowest BCUT2D eigenvalue weighted by atomic mass is 10.3. The molecule has 2 aromatic rings. The van der Waals surface area contributed by atoms with E-state index >= 15 is 0 Å². The van der Waals surface area contributed by atoms with Crippen molar-refractivity contribution in [1.29, 1.82) is 0 Å². The third-order valence-electron chi connectivity index (χ3n) is 2.89. The highest BCUT2D eigenvalue weighted by atomic mass is 19.1. The summed E-state index contributed by atoms with van der Waals surface area (Å²) < 4.78 is 13.0. The van der Waals surface area contributed by atoms with E-state index in [4.69, 9.17) is 0 Å². The Morgan fingerprint density at radius 2 is 2.10 bits per heavy atom. The zero-order valence-corrected chi connectivity index (χ0v) is 10.6. The van der Waals surface area contributed by atoms with Gasteiger partial charge < -0.3 is 10.6 Å². The van der Waals surface area contributed by atoms with Crippen molar-refractivity contribution in [3.8, 4) is 0 Å². The Balaban J connectivity index is 1.67. The molecule has 1 amide bonds. The smallest absolute Gasteiger partial charge is 0.271 e. The second kappa shape index (κ2) is 5.24. The molecule has 0 spiro atoms. The van der Waals surface area contributed by atoms with Crippen molar-refractivity contribution in [2.75, 3.05) is 5.32 Å². The second-order valence-electron chi connectivity index (χ2n) is 4.67. The number of rotatable bonds is 4. The minimum absolute atomic E-state index is 0.211. The van der Waals surface area contributed by atoms with Crippen molar-refractivity contribution in [3.05, 3.63) is 48.2 Å². The zero-order chi connectivity index (χ0) is 13.9. The van der Waals surface area contributed by atoms with E-state index in [1.54, 1.807) is 12.1 Å². The normalized spacial score (nSPS) is 13.8. The first-order chi connectivity index (χ1) is 9.70. The van der Waals surface area contributed by atoms with Gasteiger partial charge >= 0.3 is 0 Å². The zero-order valence-electron chi connectivity index (χ0n) is 10.6. The summed E-state index contributed by atoms with van der Waals surface area (Å²) in [5.74, 6) is -0.0840. The van der Waals surface area contributed by atoms with E-state index in [1.807, 2.05) is 0 Å². The third-order valence-corrected chi connectivity index (χ3v) is 2.89. The van der Waals surface area contributed by atoms with Gasteiger partial charge in [0.05, 0.1) is 12.4 Å². The summed E-state index contributed by atoms with van der Waals surface area (Å²) in [6.07, 6.45) is 4.91. The van der Waals surface area contributed by atoms with E-state index in [0.29, 0.717) is 11.5 Å². The fraction of sp³-hybridized carbons (Fsp3) is 0.214. The van der Waals surface area contributed by atoms with Crippen molar-refractivity contribution in [3.63, 3.8) is 0 Å². The lowest BCUT2D eigenvalue weighted by molar-refractivity contribution is 0.0945. The van der Waals surface area contributed by atoms with Crippen molar-refractivity contribution in [2.24, 2.45) is 0 Å². The molecule has 2 N–H and O–H groups in total. The molecule has 20 heavy (non-hydrogen) atoms. The average Bonchev–Trinajstić information content (AvgIpc) is 3.23. The van der Waals surface area contributed by atoms with E-state index < -0.39 is 0 Å². The Bertz CT molecular complexity index is 625. The van der Waals surface area contributed by atoms with E-state index in [-0.39, 0.29) is 23.5 Å². The number of nitrogens with zero attached hydrogens (tertiary/aromatic N) is 2. The minimum Gasteiger partial charge on any atom is -0.348 e. The number of hydrogen-bond acceptors (Lipinski definition) is 4. The summed E-state index contributed by atoms with van der Waals surface area (Å²) in [4.78, 5) is 19.9. The molecule has 1 heterocycles. The highest BCUT2D eigenvalue weighted by molar-refractivity contribution is 5.92. The van der Waals surface area contributed by atoms with Crippen LogP contribution in [0.15, 0.2) is 36.7 Å². The molecule has 1 aliphatic rings. The highest BCUT2D eigenvalue weighted by Gasteiger charge is 2.24. The van der Waals surface area contributed by atoms with E-state index in [0.717, 1.165) is 12.8 Å². The molecular formula is C14H13FN4O. The first kappa shape index (κ1) is 12.5. The summed E-state index contributed by atoms with van der Waals surface area (Å²) in [5, 5.41) is 5.75. The Morgan fingerprint density at radius 3 is 2.75 bits per heavy atom. The van der Waals surface area contributed by atoms with Gasteiger partial charge in [-0.1, -0.05) is 6.07 Å². The van der Waals surface area contributed by atoms with Crippen LogP contribution in [0.25, 0.3) is 0 Å². The molecule has 0 radical (unpaired) electrons. The van der Waals surface area contributed by atoms with Gasteiger partial charge in [0.2, 0.25) is 0 Å². The number of aromatic nitrogens is 2. The van der Waals surface area contributed by atoms with Crippen LogP contribution in [-0.2, 0) is 0 Å². The Morgan fingerprint density at radius 1 is 1.25 bits per heavy atom. The van der Waals surface area contributed by atoms with Gasteiger partial charge in [0.1, 0.15) is 17.3 Å². The van der Waals surface area contributed by atoms with Crippen LogP contribution >= 0.6 is 0 Å². The quantitative estimate of drug-likeness (QED) is 0.895. The number of halogens is 1. The summed E-state index contributed by atoms with van der Waals surface area (Å²) in [5.41, 5.74) is 0.858. The standard InChI is InChI=1S/C14H13FN4O/c15-9-2-1-3-11(6-9)18-13-8-16-12(7-17-13)14(20)19-10-4-5-10/h1-3,6-8,10H,4-5H2,(H,17,18)(H,19,20). The van der Waals surface area contributed by atoms with Crippen molar-refractivity contribution in [2.45, 2.75) is 18.9 Å². The lowest BCUT2D eigenvalue weighted by Gasteiger charge is -2.06. The van der Waals surface area contributed by atoms with Crippen LogP contribution in [0, 0.1) is 5.82 Å². The molecule has 0 bridgehead atoms. The molecule has 0 atom stereocenters. The van der Waals surface area contributed by atoms with E-state index in [2.05, 4.69) is 20.6 Å². The van der Waals surface area contributed by atoms with Crippen LogP contribution in [0.3, 0.4) is 0 Å². The molecular weight excluding hydrogens is 259 g/mol. The van der Waals surface area contributed by atoms with Gasteiger partial charge in [-0.05, 0) is 31.0 Å². The number of carbonyl (C=O) groups is 1. The topological polar surface area (TPSA) is 66.9 Å². The summed E-state index contributed by atoms with van der Waals surface area (Å²) in [7, 11) is 0. The van der Waals surface area contributed by atoms with Gasteiger partial charge in [-0.2, -0.15) is 0 Å². The highest BCUT2D eigenvalue weighted by Crippen LogP contribution is 2.19. The predicted octanol–water partition coefficient (Wildman–Crippen LogP) is 2.25. The number of hydrogen-bond donors (Lipinski definition) is 2. The van der Waals surface area contributed by atoms with Crippen LogP contribution in [0.2, 0.25) is 0 Å². The van der Waals surface area contributed by atoms with Crippen LogP contribution < -0.4 is 10.6 Å².